The maximum Gasteiger partial charge on any atom is 0.261 e. The Labute approximate surface area is 237 Å². The molecular weight excluding hydrogens is 559 g/mol. The molecular formula is C32H32BrFN2O3. The van der Waals surface area contributed by atoms with Crippen molar-refractivity contribution >= 4 is 38.5 Å². The largest absolute Gasteiger partial charge is 0.483 e. The molecule has 39 heavy (non-hydrogen) atoms. The summed E-state index contributed by atoms with van der Waals surface area (Å²) in [5.74, 6) is -0.398. The number of halogens is 2. The highest BCUT2D eigenvalue weighted by Gasteiger charge is 2.31. The summed E-state index contributed by atoms with van der Waals surface area (Å²) in [6, 6.07) is 26.5. The predicted molar refractivity (Wildman–Crippen MR) is 156 cm³/mol. The van der Waals surface area contributed by atoms with Gasteiger partial charge in [-0.2, -0.15) is 0 Å². The molecule has 0 heterocycles. The lowest BCUT2D eigenvalue weighted by atomic mass is 10.0. The van der Waals surface area contributed by atoms with Crippen molar-refractivity contribution in [3.63, 3.8) is 0 Å². The summed E-state index contributed by atoms with van der Waals surface area (Å²) in [6.45, 7) is 4.09. The molecule has 4 aromatic rings. The molecule has 0 unspecified atom stereocenters. The van der Waals surface area contributed by atoms with E-state index in [1.54, 1.807) is 24.3 Å². The molecule has 0 bridgehead atoms. The van der Waals surface area contributed by atoms with E-state index in [2.05, 4.69) is 21.2 Å². The summed E-state index contributed by atoms with van der Waals surface area (Å²) in [7, 11) is 0. The van der Waals surface area contributed by atoms with E-state index in [4.69, 9.17) is 4.74 Å². The first-order chi connectivity index (χ1) is 18.8. The second-order valence-corrected chi connectivity index (χ2v) is 10.6. The van der Waals surface area contributed by atoms with E-state index in [1.165, 1.54) is 11.0 Å². The fraction of sp³-hybridized carbons (Fsp3) is 0.250. The van der Waals surface area contributed by atoms with Crippen LogP contribution in [0, 0.1) is 11.7 Å². The number of hydrogen-bond acceptors (Lipinski definition) is 3. The van der Waals surface area contributed by atoms with Crippen LogP contribution in [0.3, 0.4) is 0 Å². The van der Waals surface area contributed by atoms with Gasteiger partial charge in [0.25, 0.3) is 5.91 Å². The van der Waals surface area contributed by atoms with E-state index in [-0.39, 0.29) is 31.4 Å². The van der Waals surface area contributed by atoms with Crippen molar-refractivity contribution in [2.75, 3.05) is 13.2 Å². The summed E-state index contributed by atoms with van der Waals surface area (Å²) in [5.41, 5.74) is 1.22. The molecule has 4 rings (SSSR count). The SMILES string of the molecule is CC(C)CNC(=O)[C@@H](Cc1ccccc1)N(Cc1ccccc1F)C(=O)COc1ccc2ccccc2c1Br. The van der Waals surface area contributed by atoms with Gasteiger partial charge in [0, 0.05) is 25.1 Å². The Balaban J connectivity index is 1.64. The number of nitrogens with one attached hydrogen (secondary N) is 1. The highest BCUT2D eigenvalue weighted by Crippen LogP contribution is 2.33. The van der Waals surface area contributed by atoms with Gasteiger partial charge in [-0.3, -0.25) is 9.59 Å². The van der Waals surface area contributed by atoms with Gasteiger partial charge in [0.2, 0.25) is 5.91 Å². The number of rotatable bonds is 11. The molecule has 4 aromatic carbocycles. The van der Waals surface area contributed by atoms with Crippen molar-refractivity contribution in [2.45, 2.75) is 32.9 Å². The van der Waals surface area contributed by atoms with Crippen molar-refractivity contribution < 1.29 is 18.7 Å². The van der Waals surface area contributed by atoms with Gasteiger partial charge in [0.05, 0.1) is 4.47 Å². The highest BCUT2D eigenvalue weighted by molar-refractivity contribution is 9.10. The molecule has 2 amide bonds. The number of carbonyl (C=O) groups excluding carboxylic acids is 2. The second kappa shape index (κ2) is 13.4. The zero-order valence-electron chi connectivity index (χ0n) is 22.1. The molecule has 0 aliphatic heterocycles. The third-order valence-corrected chi connectivity index (χ3v) is 7.25. The molecule has 1 atom stereocenters. The zero-order chi connectivity index (χ0) is 27.8. The monoisotopic (exact) mass is 590 g/mol. The molecule has 0 aromatic heterocycles. The van der Waals surface area contributed by atoms with Gasteiger partial charge in [-0.25, -0.2) is 4.39 Å². The van der Waals surface area contributed by atoms with Crippen molar-refractivity contribution in [3.8, 4) is 5.75 Å². The second-order valence-electron chi connectivity index (χ2n) is 9.85. The number of amides is 2. The Kier molecular flexibility index (Phi) is 9.71. The maximum absolute atomic E-state index is 14.7. The lowest BCUT2D eigenvalue weighted by molar-refractivity contribution is -0.142. The fourth-order valence-corrected chi connectivity index (χ4v) is 4.94. The van der Waals surface area contributed by atoms with Crippen molar-refractivity contribution in [1.29, 1.82) is 0 Å². The number of fused-ring (bicyclic) bond motifs is 1. The lowest BCUT2D eigenvalue weighted by Gasteiger charge is -2.32. The van der Waals surface area contributed by atoms with Crippen LogP contribution in [-0.2, 0) is 22.6 Å². The van der Waals surface area contributed by atoms with Crippen LogP contribution in [0.1, 0.15) is 25.0 Å². The minimum atomic E-state index is -0.859. The van der Waals surface area contributed by atoms with Crippen LogP contribution in [0.5, 0.6) is 5.75 Å². The zero-order valence-corrected chi connectivity index (χ0v) is 23.7. The van der Waals surface area contributed by atoms with E-state index in [0.717, 1.165) is 20.8 Å². The molecule has 0 radical (unpaired) electrons. The summed E-state index contributed by atoms with van der Waals surface area (Å²) in [6.07, 6.45) is 0.282. The van der Waals surface area contributed by atoms with Crippen LogP contribution < -0.4 is 10.1 Å². The van der Waals surface area contributed by atoms with Gasteiger partial charge in [0.15, 0.2) is 6.61 Å². The van der Waals surface area contributed by atoms with Crippen LogP contribution in [-0.4, -0.2) is 35.9 Å². The summed E-state index contributed by atoms with van der Waals surface area (Å²) >= 11 is 3.60. The van der Waals surface area contributed by atoms with Gasteiger partial charge in [0.1, 0.15) is 17.6 Å². The maximum atomic E-state index is 14.7. The molecule has 0 fully saturated rings. The Morgan fingerprint density at radius 1 is 0.923 bits per heavy atom. The van der Waals surface area contributed by atoms with E-state index in [0.29, 0.717) is 17.9 Å². The van der Waals surface area contributed by atoms with Gasteiger partial charge in [-0.15, -0.1) is 0 Å². The normalized spacial score (nSPS) is 11.8. The smallest absolute Gasteiger partial charge is 0.261 e. The Morgan fingerprint density at radius 3 is 2.36 bits per heavy atom. The molecule has 0 aliphatic carbocycles. The Hall–Kier alpha value is -3.71. The van der Waals surface area contributed by atoms with Crippen LogP contribution >= 0.6 is 15.9 Å². The third kappa shape index (κ3) is 7.45. The molecule has 0 aliphatic rings. The van der Waals surface area contributed by atoms with E-state index in [1.807, 2.05) is 74.5 Å². The molecule has 0 spiro atoms. The summed E-state index contributed by atoms with van der Waals surface area (Å²) < 4.78 is 21.4. The average Bonchev–Trinajstić information content (AvgIpc) is 2.94. The first-order valence-electron chi connectivity index (χ1n) is 13.0. The fourth-order valence-electron chi connectivity index (χ4n) is 4.33. The summed E-state index contributed by atoms with van der Waals surface area (Å²) in [4.78, 5) is 28.7. The first-order valence-corrected chi connectivity index (χ1v) is 13.8. The molecule has 202 valence electrons. The highest BCUT2D eigenvalue weighted by atomic mass is 79.9. The van der Waals surface area contributed by atoms with Gasteiger partial charge < -0.3 is 15.0 Å². The minimum Gasteiger partial charge on any atom is -0.483 e. The van der Waals surface area contributed by atoms with E-state index >= 15 is 0 Å². The van der Waals surface area contributed by atoms with Gasteiger partial charge >= 0.3 is 0 Å². The molecule has 1 N–H and O–H groups in total. The first kappa shape index (κ1) is 28.3. The van der Waals surface area contributed by atoms with Crippen LogP contribution in [0.4, 0.5) is 4.39 Å². The Morgan fingerprint density at radius 2 is 1.62 bits per heavy atom. The number of ether oxygens (including phenoxy) is 1. The van der Waals surface area contributed by atoms with E-state index in [9.17, 15) is 14.0 Å². The van der Waals surface area contributed by atoms with Crippen molar-refractivity contribution in [3.05, 3.63) is 112 Å². The molecule has 7 heteroatoms. The molecule has 0 saturated carbocycles. The minimum absolute atomic E-state index is 0.0691. The number of benzene rings is 4. The molecule has 0 saturated heterocycles. The van der Waals surface area contributed by atoms with Crippen LogP contribution in [0.15, 0.2) is 95.5 Å². The summed E-state index contributed by atoms with van der Waals surface area (Å²) in [5, 5.41) is 4.96. The van der Waals surface area contributed by atoms with Crippen LogP contribution in [0.25, 0.3) is 10.8 Å². The number of hydrogen-bond donors (Lipinski definition) is 1. The lowest BCUT2D eigenvalue weighted by Crippen LogP contribution is -2.52. The van der Waals surface area contributed by atoms with Crippen LogP contribution in [0.2, 0.25) is 0 Å². The van der Waals surface area contributed by atoms with E-state index < -0.39 is 17.8 Å². The molecule has 5 nitrogen and oxygen atoms in total. The standard InChI is InChI=1S/C32H32BrFN2O3/c1-22(2)19-35-32(38)28(18-23-10-4-3-5-11-23)36(20-25-13-7-9-15-27(25)34)30(37)21-39-29-17-16-24-12-6-8-14-26(24)31(29)33/h3-17,22,28H,18-21H2,1-2H3,(H,35,38)/t28-/m1/s1. The van der Waals surface area contributed by atoms with Gasteiger partial charge in [-0.05, 0) is 50.3 Å². The van der Waals surface area contributed by atoms with Crippen molar-refractivity contribution in [2.24, 2.45) is 5.92 Å². The third-order valence-electron chi connectivity index (χ3n) is 6.43. The number of carbonyl (C=O) groups is 2. The average molecular weight is 592 g/mol. The predicted octanol–water partition coefficient (Wildman–Crippen LogP) is 6.53. The number of nitrogens with zero attached hydrogens (tertiary/aromatic N) is 1. The Bertz CT molecular complexity index is 1430. The topological polar surface area (TPSA) is 58.6 Å². The quantitative estimate of drug-likeness (QED) is 0.216. The van der Waals surface area contributed by atoms with Gasteiger partial charge in [-0.1, -0.05) is 92.7 Å². The van der Waals surface area contributed by atoms with Crippen molar-refractivity contribution in [1.82, 2.24) is 10.2 Å².